The van der Waals surface area contributed by atoms with Gasteiger partial charge in [-0.25, -0.2) is 0 Å². The second-order valence-electron chi connectivity index (χ2n) is 5.47. The Bertz CT molecular complexity index is 668. The molecular weight excluding hydrogens is 284 g/mol. The van der Waals surface area contributed by atoms with Crippen LogP contribution in [0.15, 0.2) is 22.9 Å². The van der Waals surface area contributed by atoms with Crippen LogP contribution >= 0.6 is 0 Å². The number of β-amino-alcohol motifs (C(OH)–C–C–N with tert-alkyl or cyclic N) is 1. The molecular formula is C16H20N2O4. The van der Waals surface area contributed by atoms with E-state index in [1.807, 2.05) is 19.1 Å². The van der Waals surface area contributed by atoms with Crippen molar-refractivity contribution in [3.05, 3.63) is 40.8 Å². The molecule has 0 aliphatic carbocycles. The number of ether oxygens (including phenoxy) is 2. The van der Waals surface area contributed by atoms with E-state index in [2.05, 4.69) is 10.1 Å². The summed E-state index contributed by atoms with van der Waals surface area (Å²) in [7, 11) is 3.25. The van der Waals surface area contributed by atoms with Crippen molar-refractivity contribution in [2.75, 3.05) is 20.8 Å². The van der Waals surface area contributed by atoms with Gasteiger partial charge in [-0.05, 0) is 19.1 Å². The topological polar surface area (TPSA) is 68.0 Å². The average Bonchev–Trinajstić information content (AvgIpc) is 2.91. The first-order valence-electron chi connectivity index (χ1n) is 7.18. The van der Waals surface area contributed by atoms with Gasteiger partial charge in [0.2, 0.25) is 0 Å². The van der Waals surface area contributed by atoms with Crippen molar-refractivity contribution in [2.24, 2.45) is 0 Å². The highest BCUT2D eigenvalue weighted by Gasteiger charge is 2.30. The number of methoxy groups -OCH3 is 2. The van der Waals surface area contributed by atoms with Crippen molar-refractivity contribution < 1.29 is 19.1 Å². The summed E-state index contributed by atoms with van der Waals surface area (Å²) >= 11 is 0. The van der Waals surface area contributed by atoms with Crippen LogP contribution in [-0.2, 0) is 13.1 Å². The van der Waals surface area contributed by atoms with Gasteiger partial charge < -0.3 is 19.1 Å². The molecule has 1 aromatic carbocycles. The third-order valence-electron chi connectivity index (χ3n) is 4.10. The Hall–Kier alpha value is -2.05. The Kier molecular flexibility index (Phi) is 4.04. The molecule has 3 rings (SSSR count). The SMILES string of the molecule is COc1ccc(OC)c2c1CN(Cc1conc1C)CC2O. The molecule has 0 fully saturated rings. The van der Waals surface area contributed by atoms with Crippen LogP contribution in [0.1, 0.15) is 28.5 Å². The molecule has 6 heteroatoms. The Labute approximate surface area is 129 Å². The molecule has 2 heterocycles. The highest BCUT2D eigenvalue weighted by molar-refractivity contribution is 5.51. The van der Waals surface area contributed by atoms with E-state index < -0.39 is 6.10 Å². The van der Waals surface area contributed by atoms with Crippen LogP contribution in [0.5, 0.6) is 11.5 Å². The number of aromatic nitrogens is 1. The number of aliphatic hydroxyl groups excluding tert-OH is 1. The fourth-order valence-corrected chi connectivity index (χ4v) is 2.97. The molecule has 0 spiro atoms. The average molecular weight is 304 g/mol. The summed E-state index contributed by atoms with van der Waals surface area (Å²) in [6, 6.07) is 3.71. The van der Waals surface area contributed by atoms with Gasteiger partial charge in [0.05, 0.1) is 26.0 Å². The van der Waals surface area contributed by atoms with Crippen molar-refractivity contribution >= 4 is 0 Å². The van der Waals surface area contributed by atoms with Gasteiger partial charge in [0.25, 0.3) is 0 Å². The zero-order valence-corrected chi connectivity index (χ0v) is 13.0. The lowest BCUT2D eigenvalue weighted by atomic mass is 9.95. The Balaban J connectivity index is 1.92. The number of hydrogen-bond acceptors (Lipinski definition) is 6. The van der Waals surface area contributed by atoms with E-state index in [0.29, 0.717) is 25.4 Å². The number of aliphatic hydroxyl groups is 1. The minimum atomic E-state index is -0.617. The fourth-order valence-electron chi connectivity index (χ4n) is 2.97. The van der Waals surface area contributed by atoms with Crippen molar-refractivity contribution in [1.82, 2.24) is 10.1 Å². The van der Waals surface area contributed by atoms with E-state index in [0.717, 1.165) is 28.1 Å². The van der Waals surface area contributed by atoms with E-state index in [-0.39, 0.29) is 0 Å². The number of aryl methyl sites for hydroxylation is 1. The van der Waals surface area contributed by atoms with Crippen LogP contribution in [0.25, 0.3) is 0 Å². The molecule has 1 unspecified atom stereocenters. The van der Waals surface area contributed by atoms with Crippen LogP contribution in [-0.4, -0.2) is 35.9 Å². The maximum Gasteiger partial charge on any atom is 0.128 e. The number of rotatable bonds is 4. The molecule has 6 nitrogen and oxygen atoms in total. The predicted molar refractivity (Wildman–Crippen MR) is 79.9 cm³/mol. The second kappa shape index (κ2) is 5.98. The summed E-state index contributed by atoms with van der Waals surface area (Å²) in [5, 5.41) is 14.4. The lowest BCUT2D eigenvalue weighted by Gasteiger charge is -2.33. The second-order valence-corrected chi connectivity index (χ2v) is 5.47. The largest absolute Gasteiger partial charge is 0.496 e. The number of nitrogens with zero attached hydrogens (tertiary/aromatic N) is 2. The van der Waals surface area contributed by atoms with Crippen molar-refractivity contribution in [3.8, 4) is 11.5 Å². The molecule has 0 bridgehead atoms. The van der Waals surface area contributed by atoms with Crippen LogP contribution in [0.4, 0.5) is 0 Å². The Morgan fingerprint density at radius 3 is 2.68 bits per heavy atom. The third kappa shape index (κ3) is 2.55. The van der Waals surface area contributed by atoms with Crippen molar-refractivity contribution in [3.63, 3.8) is 0 Å². The van der Waals surface area contributed by atoms with Gasteiger partial charge in [-0.2, -0.15) is 0 Å². The molecule has 1 atom stereocenters. The molecule has 1 aromatic heterocycles. The molecule has 0 amide bonds. The van der Waals surface area contributed by atoms with Gasteiger partial charge in [-0.15, -0.1) is 0 Å². The van der Waals surface area contributed by atoms with Gasteiger partial charge in [-0.3, -0.25) is 4.90 Å². The summed E-state index contributed by atoms with van der Waals surface area (Å²) in [5.74, 6) is 1.46. The zero-order chi connectivity index (χ0) is 15.7. The quantitative estimate of drug-likeness (QED) is 0.932. The maximum atomic E-state index is 10.5. The first-order chi connectivity index (χ1) is 10.6. The smallest absolute Gasteiger partial charge is 0.128 e. The molecule has 0 radical (unpaired) electrons. The van der Waals surface area contributed by atoms with Gasteiger partial charge in [0.15, 0.2) is 0 Å². The van der Waals surface area contributed by atoms with Crippen molar-refractivity contribution in [2.45, 2.75) is 26.1 Å². The van der Waals surface area contributed by atoms with E-state index >= 15 is 0 Å². The minimum Gasteiger partial charge on any atom is -0.496 e. The first-order valence-corrected chi connectivity index (χ1v) is 7.18. The summed E-state index contributed by atoms with van der Waals surface area (Å²) in [4.78, 5) is 2.15. The molecule has 0 saturated carbocycles. The minimum absolute atomic E-state index is 0.529. The van der Waals surface area contributed by atoms with Gasteiger partial charge in [-0.1, -0.05) is 5.16 Å². The number of benzene rings is 1. The normalized spacial score (nSPS) is 18.1. The maximum absolute atomic E-state index is 10.5. The van der Waals surface area contributed by atoms with Crippen molar-refractivity contribution in [1.29, 1.82) is 0 Å². The van der Waals surface area contributed by atoms with E-state index in [1.54, 1.807) is 20.5 Å². The molecule has 118 valence electrons. The first kappa shape index (κ1) is 14.9. The molecule has 1 aliphatic heterocycles. The third-order valence-corrected chi connectivity index (χ3v) is 4.10. The summed E-state index contributed by atoms with van der Waals surface area (Å²) in [6.07, 6.45) is 1.04. The summed E-state index contributed by atoms with van der Waals surface area (Å²) < 4.78 is 15.8. The number of hydrogen-bond donors (Lipinski definition) is 1. The van der Waals surface area contributed by atoms with Gasteiger partial charge in [0.1, 0.15) is 17.8 Å². The predicted octanol–water partition coefficient (Wildman–Crippen LogP) is 2.05. The summed E-state index contributed by atoms with van der Waals surface area (Å²) in [6.45, 7) is 3.79. The van der Waals surface area contributed by atoms with Crippen LogP contribution < -0.4 is 9.47 Å². The fraction of sp³-hybridized carbons (Fsp3) is 0.438. The zero-order valence-electron chi connectivity index (χ0n) is 13.0. The Morgan fingerprint density at radius 1 is 1.32 bits per heavy atom. The molecule has 2 aromatic rings. The molecule has 22 heavy (non-hydrogen) atoms. The van der Waals surface area contributed by atoms with Crippen LogP contribution in [0.2, 0.25) is 0 Å². The molecule has 1 aliphatic rings. The number of fused-ring (bicyclic) bond motifs is 1. The lowest BCUT2D eigenvalue weighted by Crippen LogP contribution is -2.33. The highest BCUT2D eigenvalue weighted by Crippen LogP contribution is 2.39. The molecule has 1 N–H and O–H groups in total. The van der Waals surface area contributed by atoms with Gasteiger partial charge >= 0.3 is 0 Å². The summed E-state index contributed by atoms with van der Waals surface area (Å²) in [5.41, 5.74) is 3.69. The Morgan fingerprint density at radius 2 is 2.05 bits per heavy atom. The lowest BCUT2D eigenvalue weighted by molar-refractivity contribution is 0.0841. The van der Waals surface area contributed by atoms with E-state index in [9.17, 15) is 5.11 Å². The highest BCUT2D eigenvalue weighted by atomic mass is 16.5. The van der Waals surface area contributed by atoms with Crippen LogP contribution in [0.3, 0.4) is 0 Å². The monoisotopic (exact) mass is 304 g/mol. The standard InChI is InChI=1S/C16H20N2O4/c1-10-11(9-22-17-10)6-18-7-12-14(20-2)4-5-15(21-3)16(12)13(19)8-18/h4-5,9,13,19H,6-8H2,1-3H3. The van der Waals surface area contributed by atoms with E-state index in [1.165, 1.54) is 0 Å². The van der Waals surface area contributed by atoms with E-state index in [4.69, 9.17) is 14.0 Å². The van der Waals surface area contributed by atoms with Crippen LogP contribution in [0, 0.1) is 6.92 Å². The molecule has 0 saturated heterocycles. The van der Waals surface area contributed by atoms with Gasteiger partial charge in [0, 0.05) is 36.3 Å².